The summed E-state index contributed by atoms with van der Waals surface area (Å²) in [6.07, 6.45) is 3.74. The highest BCUT2D eigenvalue weighted by Gasteiger charge is 2.26. The molecule has 0 unspecified atom stereocenters. The molecule has 3 heterocycles. The molecule has 0 fully saturated rings. The Hall–Kier alpha value is -2.45. The van der Waals surface area contributed by atoms with Crippen LogP contribution < -0.4 is 9.11 Å². The first kappa shape index (κ1) is 17.9. The molecule has 0 atom stereocenters. The number of benzene rings is 1. The van der Waals surface area contributed by atoms with Crippen molar-refractivity contribution in [1.82, 2.24) is 9.55 Å². The van der Waals surface area contributed by atoms with E-state index in [4.69, 9.17) is 0 Å². The Morgan fingerprint density at radius 1 is 1.22 bits per heavy atom. The molecule has 1 aliphatic heterocycles. The van der Waals surface area contributed by atoms with Gasteiger partial charge in [0.05, 0.1) is 17.6 Å². The van der Waals surface area contributed by atoms with Gasteiger partial charge in [0.1, 0.15) is 0 Å². The number of nitrogens with zero attached hydrogens (tertiary/aromatic N) is 4. The van der Waals surface area contributed by atoms with Crippen LogP contribution in [0.5, 0.6) is 0 Å². The maximum atomic E-state index is 11.9. The Labute approximate surface area is 162 Å². The second-order valence-electron chi connectivity index (χ2n) is 6.69. The van der Waals surface area contributed by atoms with E-state index in [0.29, 0.717) is 12.4 Å². The molecule has 8 heteroatoms. The van der Waals surface area contributed by atoms with Gasteiger partial charge in [-0.15, -0.1) is 11.3 Å². The number of sulfonamides is 1. The van der Waals surface area contributed by atoms with Crippen molar-refractivity contribution in [2.45, 2.75) is 13.3 Å². The van der Waals surface area contributed by atoms with E-state index in [0.717, 1.165) is 39.3 Å². The molecule has 0 N–H and O–H groups in total. The summed E-state index contributed by atoms with van der Waals surface area (Å²) in [6.45, 7) is 2.53. The normalized spacial score (nSPS) is 14.6. The van der Waals surface area contributed by atoms with Crippen LogP contribution in [0.4, 0.5) is 11.5 Å². The second-order valence-corrected chi connectivity index (χ2v) is 9.44. The molecule has 0 radical (unpaired) electrons. The Morgan fingerprint density at radius 2 is 2.04 bits per heavy atom. The van der Waals surface area contributed by atoms with Gasteiger partial charge in [-0.2, -0.15) is 0 Å². The molecule has 0 bridgehead atoms. The van der Waals surface area contributed by atoms with Gasteiger partial charge < -0.3 is 4.57 Å². The van der Waals surface area contributed by atoms with Crippen molar-refractivity contribution in [3.05, 3.63) is 57.8 Å². The van der Waals surface area contributed by atoms with Crippen LogP contribution in [0.2, 0.25) is 0 Å². The number of aryl methyl sites for hydroxylation is 1. The molecule has 0 saturated heterocycles. The molecule has 0 spiro atoms. The number of thiazole rings is 1. The highest BCUT2D eigenvalue weighted by Crippen LogP contribution is 2.33. The van der Waals surface area contributed by atoms with Crippen molar-refractivity contribution in [1.29, 1.82) is 0 Å². The average Bonchev–Trinajstić information content (AvgIpc) is 3.18. The van der Waals surface area contributed by atoms with Crippen LogP contribution in [0.3, 0.4) is 0 Å². The molecule has 140 valence electrons. The smallest absolute Gasteiger partial charge is 0.232 e. The quantitative estimate of drug-likeness (QED) is 0.679. The van der Waals surface area contributed by atoms with Crippen molar-refractivity contribution in [3.8, 4) is 11.3 Å². The number of pyridine rings is 1. The third-order valence-electron chi connectivity index (χ3n) is 4.66. The maximum Gasteiger partial charge on any atom is 0.232 e. The van der Waals surface area contributed by atoms with Gasteiger partial charge in [-0.1, -0.05) is 6.07 Å². The molecule has 2 aromatic heterocycles. The molecular formula is C19H20N4O2S2. The first-order valence-corrected chi connectivity index (χ1v) is 11.3. The summed E-state index contributed by atoms with van der Waals surface area (Å²) in [5.41, 5.74) is 5.07. The lowest BCUT2D eigenvalue weighted by Crippen LogP contribution is -2.27. The molecule has 1 aromatic carbocycles. The van der Waals surface area contributed by atoms with Crippen LogP contribution >= 0.6 is 11.3 Å². The largest absolute Gasteiger partial charge is 0.320 e. The van der Waals surface area contributed by atoms with Crippen molar-refractivity contribution in [3.63, 3.8) is 0 Å². The van der Waals surface area contributed by atoms with E-state index in [1.807, 2.05) is 42.8 Å². The number of aromatic nitrogens is 2. The molecule has 0 saturated carbocycles. The minimum absolute atomic E-state index is 0.507. The van der Waals surface area contributed by atoms with Gasteiger partial charge in [0.2, 0.25) is 10.0 Å². The standard InChI is InChI=1S/C19H20N4O2S2/c1-13-6-8-20-18(10-13)21-19-22(2)17(12-26-19)14-4-5-16-15(11-14)7-9-23(16)27(3,24)25/h4-6,8,10-12H,7,9H2,1-3H3. The Bertz CT molecular complexity index is 1190. The highest BCUT2D eigenvalue weighted by molar-refractivity contribution is 7.92. The molecule has 3 aromatic rings. The van der Waals surface area contributed by atoms with Crippen LogP contribution in [-0.4, -0.2) is 30.8 Å². The minimum Gasteiger partial charge on any atom is -0.320 e. The predicted octanol–water partition coefficient (Wildman–Crippen LogP) is 3.01. The summed E-state index contributed by atoms with van der Waals surface area (Å²) < 4.78 is 27.3. The van der Waals surface area contributed by atoms with Crippen LogP contribution in [0.15, 0.2) is 46.9 Å². The summed E-state index contributed by atoms with van der Waals surface area (Å²) in [7, 11) is -1.24. The fourth-order valence-corrected chi connectivity index (χ4v) is 5.16. The fourth-order valence-electron chi connectivity index (χ4n) is 3.29. The summed E-state index contributed by atoms with van der Waals surface area (Å²) in [5, 5.41) is 2.07. The van der Waals surface area contributed by atoms with Gasteiger partial charge in [-0.3, -0.25) is 4.31 Å². The maximum absolute atomic E-state index is 11.9. The monoisotopic (exact) mass is 400 g/mol. The number of fused-ring (bicyclic) bond motifs is 1. The van der Waals surface area contributed by atoms with E-state index < -0.39 is 10.0 Å². The number of hydrogen-bond acceptors (Lipinski definition) is 5. The first-order chi connectivity index (χ1) is 12.8. The number of hydrogen-bond donors (Lipinski definition) is 0. The van der Waals surface area contributed by atoms with E-state index in [1.165, 1.54) is 10.6 Å². The van der Waals surface area contributed by atoms with E-state index in [9.17, 15) is 8.42 Å². The van der Waals surface area contributed by atoms with Gasteiger partial charge in [-0.05, 0) is 54.3 Å². The average molecular weight is 401 g/mol. The summed E-state index contributed by atoms with van der Waals surface area (Å²) in [6, 6.07) is 9.85. The van der Waals surface area contributed by atoms with Crippen LogP contribution in [0, 0.1) is 6.92 Å². The molecule has 0 aliphatic carbocycles. The van der Waals surface area contributed by atoms with E-state index in [-0.39, 0.29) is 0 Å². The minimum atomic E-state index is -3.23. The first-order valence-electron chi connectivity index (χ1n) is 8.56. The summed E-state index contributed by atoms with van der Waals surface area (Å²) in [5.74, 6) is 0.691. The molecule has 6 nitrogen and oxygen atoms in total. The third kappa shape index (κ3) is 3.42. The molecule has 27 heavy (non-hydrogen) atoms. The van der Waals surface area contributed by atoms with Crippen LogP contribution in [-0.2, 0) is 23.5 Å². The summed E-state index contributed by atoms with van der Waals surface area (Å²) >= 11 is 1.56. The Kier molecular flexibility index (Phi) is 4.39. The molecule has 0 amide bonds. The zero-order valence-electron chi connectivity index (χ0n) is 15.4. The lowest BCUT2D eigenvalue weighted by atomic mass is 10.1. The number of rotatable bonds is 3. The van der Waals surface area contributed by atoms with Crippen molar-refractivity contribution in [2.24, 2.45) is 12.0 Å². The van der Waals surface area contributed by atoms with Gasteiger partial charge >= 0.3 is 0 Å². The lowest BCUT2D eigenvalue weighted by Gasteiger charge is -2.16. The topological polar surface area (TPSA) is 67.6 Å². The lowest BCUT2D eigenvalue weighted by molar-refractivity contribution is 0.598. The van der Waals surface area contributed by atoms with Crippen molar-refractivity contribution in [2.75, 3.05) is 17.1 Å². The van der Waals surface area contributed by atoms with Gasteiger partial charge in [-0.25, -0.2) is 18.4 Å². The van der Waals surface area contributed by atoms with Crippen LogP contribution in [0.25, 0.3) is 11.3 Å². The fraction of sp³-hybridized carbons (Fsp3) is 0.263. The van der Waals surface area contributed by atoms with Gasteiger partial charge in [0, 0.05) is 25.2 Å². The van der Waals surface area contributed by atoms with E-state index >= 15 is 0 Å². The Morgan fingerprint density at radius 3 is 2.78 bits per heavy atom. The van der Waals surface area contributed by atoms with Crippen molar-refractivity contribution >= 4 is 32.9 Å². The third-order valence-corrected chi connectivity index (χ3v) is 6.76. The Balaban J connectivity index is 1.73. The number of anilines is 1. The SMILES string of the molecule is Cc1ccnc(N=c2scc(-c3ccc4c(c3)CCN4S(C)(=O)=O)n2C)c1. The highest BCUT2D eigenvalue weighted by atomic mass is 32.2. The van der Waals surface area contributed by atoms with Crippen molar-refractivity contribution < 1.29 is 8.42 Å². The van der Waals surface area contributed by atoms with E-state index in [2.05, 4.69) is 21.4 Å². The second kappa shape index (κ2) is 6.61. The molecule has 1 aliphatic rings. The van der Waals surface area contributed by atoms with Gasteiger partial charge in [0.25, 0.3) is 0 Å². The molecule has 4 rings (SSSR count). The van der Waals surface area contributed by atoms with Gasteiger partial charge in [0.15, 0.2) is 10.6 Å². The predicted molar refractivity (Wildman–Crippen MR) is 109 cm³/mol. The van der Waals surface area contributed by atoms with E-state index in [1.54, 1.807) is 17.5 Å². The molecular weight excluding hydrogens is 380 g/mol. The zero-order chi connectivity index (χ0) is 19.2. The summed E-state index contributed by atoms with van der Waals surface area (Å²) in [4.78, 5) is 9.81. The van der Waals surface area contributed by atoms with Crippen LogP contribution in [0.1, 0.15) is 11.1 Å². The zero-order valence-corrected chi connectivity index (χ0v) is 17.0.